The fourth-order valence-electron chi connectivity index (χ4n) is 1.98. The molecule has 1 aromatic rings. The van der Waals surface area contributed by atoms with Gasteiger partial charge in [-0.2, -0.15) is 5.26 Å². The molecule has 1 aromatic carbocycles. The molecule has 150 valence electrons. The van der Waals surface area contributed by atoms with Crippen molar-refractivity contribution in [3.05, 3.63) is 35.1 Å². The van der Waals surface area contributed by atoms with Crippen LogP contribution in [0.5, 0.6) is 0 Å². The van der Waals surface area contributed by atoms with Gasteiger partial charge in [0.05, 0.1) is 11.6 Å². The van der Waals surface area contributed by atoms with Gasteiger partial charge >= 0.3 is 6.09 Å². The number of nitrogens with zero attached hydrogens (tertiary/aromatic N) is 2. The maximum absolute atomic E-state index is 13.7. The van der Waals surface area contributed by atoms with E-state index < -0.39 is 11.7 Å². The highest BCUT2D eigenvalue weighted by atomic mass is 127. The lowest BCUT2D eigenvalue weighted by Gasteiger charge is -2.19. The third-order valence-corrected chi connectivity index (χ3v) is 3.16. The molecular formula is C18H27FIN5O2. The molecule has 1 rings (SSSR count). The molecule has 0 aliphatic carbocycles. The van der Waals surface area contributed by atoms with Crippen molar-refractivity contribution >= 4 is 36.0 Å². The van der Waals surface area contributed by atoms with Crippen LogP contribution in [0.2, 0.25) is 0 Å². The molecule has 0 fully saturated rings. The third-order valence-electron chi connectivity index (χ3n) is 3.16. The molecule has 0 unspecified atom stereocenters. The lowest BCUT2D eigenvalue weighted by atomic mass is 10.1. The molecule has 3 N–H and O–H groups in total. The Morgan fingerprint density at radius 1 is 1.26 bits per heavy atom. The summed E-state index contributed by atoms with van der Waals surface area (Å²) in [5, 5.41) is 17.6. The van der Waals surface area contributed by atoms with Crippen LogP contribution in [0.3, 0.4) is 0 Å². The quantitative estimate of drug-likeness (QED) is 0.246. The predicted molar refractivity (Wildman–Crippen MR) is 114 cm³/mol. The van der Waals surface area contributed by atoms with Gasteiger partial charge in [-0.05, 0) is 45.4 Å². The third kappa shape index (κ3) is 10.6. The van der Waals surface area contributed by atoms with Crippen LogP contribution < -0.4 is 16.0 Å². The molecule has 0 aliphatic heterocycles. The molecule has 0 spiro atoms. The Labute approximate surface area is 176 Å². The SMILES string of the molecule is CN=C(NCCCNC(=O)OC(C)(C)C)NCc1cc(C#N)ccc1F.I. The van der Waals surface area contributed by atoms with E-state index in [0.29, 0.717) is 36.6 Å². The van der Waals surface area contributed by atoms with Crippen LogP contribution >= 0.6 is 24.0 Å². The Morgan fingerprint density at radius 2 is 1.93 bits per heavy atom. The van der Waals surface area contributed by atoms with Crippen LogP contribution in [0.1, 0.15) is 38.3 Å². The van der Waals surface area contributed by atoms with Crippen molar-refractivity contribution in [3.63, 3.8) is 0 Å². The van der Waals surface area contributed by atoms with Crippen molar-refractivity contribution in [2.45, 2.75) is 39.3 Å². The zero-order chi connectivity index (χ0) is 19.6. The minimum Gasteiger partial charge on any atom is -0.444 e. The van der Waals surface area contributed by atoms with E-state index in [1.165, 1.54) is 18.2 Å². The smallest absolute Gasteiger partial charge is 0.407 e. The van der Waals surface area contributed by atoms with Crippen molar-refractivity contribution < 1.29 is 13.9 Å². The summed E-state index contributed by atoms with van der Waals surface area (Å²) in [7, 11) is 1.61. The fraction of sp³-hybridized carbons (Fsp3) is 0.500. The second-order valence-corrected chi connectivity index (χ2v) is 6.55. The largest absolute Gasteiger partial charge is 0.444 e. The number of guanidine groups is 1. The number of benzene rings is 1. The summed E-state index contributed by atoms with van der Waals surface area (Å²) in [5.41, 5.74) is 0.268. The van der Waals surface area contributed by atoms with E-state index in [1.807, 2.05) is 6.07 Å². The van der Waals surface area contributed by atoms with Gasteiger partial charge in [-0.15, -0.1) is 24.0 Å². The summed E-state index contributed by atoms with van der Waals surface area (Å²) in [6, 6.07) is 6.19. The molecule has 0 bridgehead atoms. The molecule has 9 heteroatoms. The minimum absolute atomic E-state index is 0. The molecule has 7 nitrogen and oxygen atoms in total. The molecular weight excluding hydrogens is 464 g/mol. The Hall–Kier alpha value is -2.09. The molecule has 0 saturated heterocycles. The van der Waals surface area contributed by atoms with Crippen LogP contribution in [-0.4, -0.2) is 37.8 Å². The van der Waals surface area contributed by atoms with Crippen molar-refractivity contribution in [3.8, 4) is 6.07 Å². The Bertz CT molecular complexity index is 683. The zero-order valence-corrected chi connectivity index (χ0v) is 18.4. The highest BCUT2D eigenvalue weighted by Crippen LogP contribution is 2.09. The van der Waals surface area contributed by atoms with Gasteiger partial charge < -0.3 is 20.7 Å². The van der Waals surface area contributed by atoms with Gasteiger partial charge in [0, 0.05) is 32.2 Å². The minimum atomic E-state index is -0.521. The van der Waals surface area contributed by atoms with E-state index in [4.69, 9.17) is 10.00 Å². The topological polar surface area (TPSA) is 98.5 Å². The number of carbonyl (C=O) groups excluding carboxylic acids is 1. The second kappa shape index (κ2) is 12.3. The number of aliphatic imine (C=N–C) groups is 1. The maximum atomic E-state index is 13.7. The number of alkyl carbamates (subject to hydrolysis) is 1. The van der Waals surface area contributed by atoms with Crippen LogP contribution in [0.15, 0.2) is 23.2 Å². The van der Waals surface area contributed by atoms with Gasteiger partial charge in [-0.25, -0.2) is 9.18 Å². The monoisotopic (exact) mass is 491 g/mol. The number of ether oxygens (including phenoxy) is 1. The number of hydrogen-bond acceptors (Lipinski definition) is 4. The number of hydrogen-bond donors (Lipinski definition) is 3. The molecule has 0 saturated carbocycles. The van der Waals surface area contributed by atoms with E-state index in [-0.39, 0.29) is 36.3 Å². The van der Waals surface area contributed by atoms with Crippen LogP contribution in [0, 0.1) is 17.1 Å². The average Bonchev–Trinajstić information content (AvgIpc) is 2.57. The average molecular weight is 491 g/mol. The van der Waals surface area contributed by atoms with E-state index in [1.54, 1.807) is 27.8 Å². The lowest BCUT2D eigenvalue weighted by Crippen LogP contribution is -2.39. The number of rotatable bonds is 6. The summed E-state index contributed by atoms with van der Waals surface area (Å²) in [6.07, 6.45) is 0.214. The standard InChI is InChI=1S/C18H26FN5O2.HI/c1-18(2,3)26-17(25)23-9-5-8-22-16(21-4)24-12-14-10-13(11-20)6-7-15(14)19;/h6-7,10H,5,8-9,12H2,1-4H3,(H,23,25)(H2,21,22,24);1H. The van der Waals surface area contributed by atoms with Gasteiger partial charge in [0.2, 0.25) is 0 Å². The summed E-state index contributed by atoms with van der Waals surface area (Å²) in [5.74, 6) is 0.123. The van der Waals surface area contributed by atoms with Gasteiger partial charge in [0.1, 0.15) is 11.4 Å². The summed E-state index contributed by atoms with van der Waals surface area (Å²) in [4.78, 5) is 15.6. The molecule has 27 heavy (non-hydrogen) atoms. The summed E-state index contributed by atoms with van der Waals surface area (Å²) >= 11 is 0. The summed E-state index contributed by atoms with van der Waals surface area (Å²) < 4.78 is 18.9. The highest BCUT2D eigenvalue weighted by Gasteiger charge is 2.15. The van der Waals surface area contributed by atoms with Crippen LogP contribution in [0.4, 0.5) is 9.18 Å². The van der Waals surface area contributed by atoms with Crippen molar-refractivity contribution in [2.75, 3.05) is 20.1 Å². The molecule has 0 atom stereocenters. The molecule has 0 aliphatic rings. The predicted octanol–water partition coefficient (Wildman–Crippen LogP) is 2.90. The second-order valence-electron chi connectivity index (χ2n) is 6.55. The van der Waals surface area contributed by atoms with E-state index in [2.05, 4.69) is 20.9 Å². The molecule has 0 aromatic heterocycles. The Balaban J connectivity index is 0.00000676. The van der Waals surface area contributed by atoms with Crippen molar-refractivity contribution in [1.82, 2.24) is 16.0 Å². The van der Waals surface area contributed by atoms with Crippen LogP contribution in [-0.2, 0) is 11.3 Å². The number of amides is 1. The number of nitriles is 1. The summed E-state index contributed by atoms with van der Waals surface area (Å²) in [6.45, 7) is 6.64. The number of carbonyl (C=O) groups is 1. The normalized spacial score (nSPS) is 11.0. The molecule has 0 radical (unpaired) electrons. The first-order chi connectivity index (χ1) is 12.2. The van der Waals surface area contributed by atoms with E-state index >= 15 is 0 Å². The van der Waals surface area contributed by atoms with Gasteiger partial charge in [0.25, 0.3) is 0 Å². The Morgan fingerprint density at radius 3 is 2.52 bits per heavy atom. The first-order valence-corrected chi connectivity index (χ1v) is 8.35. The Kier molecular flexibility index (Phi) is 11.4. The first kappa shape index (κ1) is 24.9. The number of halogens is 2. The van der Waals surface area contributed by atoms with Crippen molar-refractivity contribution in [2.24, 2.45) is 4.99 Å². The van der Waals surface area contributed by atoms with Gasteiger partial charge in [-0.1, -0.05) is 0 Å². The van der Waals surface area contributed by atoms with Gasteiger partial charge in [-0.3, -0.25) is 4.99 Å². The fourth-order valence-corrected chi connectivity index (χ4v) is 1.98. The maximum Gasteiger partial charge on any atom is 0.407 e. The number of nitrogens with one attached hydrogen (secondary N) is 3. The molecule has 0 heterocycles. The lowest BCUT2D eigenvalue weighted by molar-refractivity contribution is 0.0527. The van der Waals surface area contributed by atoms with Crippen molar-refractivity contribution in [1.29, 1.82) is 5.26 Å². The van der Waals surface area contributed by atoms with E-state index in [9.17, 15) is 9.18 Å². The zero-order valence-electron chi connectivity index (χ0n) is 16.1. The highest BCUT2D eigenvalue weighted by molar-refractivity contribution is 14.0. The van der Waals surface area contributed by atoms with E-state index in [0.717, 1.165) is 0 Å². The first-order valence-electron chi connectivity index (χ1n) is 8.35. The molecule has 1 amide bonds. The van der Waals surface area contributed by atoms with Crippen LogP contribution in [0.25, 0.3) is 0 Å². The van der Waals surface area contributed by atoms with Gasteiger partial charge in [0.15, 0.2) is 5.96 Å².